The third-order valence-electron chi connectivity index (χ3n) is 1.96. The van der Waals surface area contributed by atoms with E-state index in [1.807, 2.05) is 0 Å². The molecule has 0 heterocycles. The Hall–Kier alpha value is -1.39. The first-order valence-electron chi connectivity index (χ1n) is 4.33. The van der Waals surface area contributed by atoms with E-state index < -0.39 is 17.4 Å². The van der Waals surface area contributed by atoms with Gasteiger partial charge in [0.1, 0.15) is 6.29 Å². The standard InChI is InChI=1S/C9H14O5/c1-3-14-8(13)9(2,7(11)12)5-4-6-10/h6H,3-5H2,1-2H3,(H,11,12). The van der Waals surface area contributed by atoms with Crippen LogP contribution in [0, 0.1) is 5.41 Å². The Morgan fingerprint density at radius 2 is 2.07 bits per heavy atom. The van der Waals surface area contributed by atoms with Gasteiger partial charge in [-0.15, -0.1) is 0 Å². The lowest BCUT2D eigenvalue weighted by Gasteiger charge is -2.21. The van der Waals surface area contributed by atoms with Crippen molar-refractivity contribution in [3.05, 3.63) is 0 Å². The van der Waals surface area contributed by atoms with E-state index in [1.54, 1.807) is 6.92 Å². The zero-order valence-corrected chi connectivity index (χ0v) is 8.28. The number of aldehydes is 1. The highest BCUT2D eigenvalue weighted by Crippen LogP contribution is 2.25. The molecule has 5 heteroatoms. The van der Waals surface area contributed by atoms with Gasteiger partial charge < -0.3 is 14.6 Å². The number of ether oxygens (including phenoxy) is 1. The maximum Gasteiger partial charge on any atom is 0.323 e. The van der Waals surface area contributed by atoms with Crippen LogP contribution in [0.1, 0.15) is 26.7 Å². The number of esters is 1. The van der Waals surface area contributed by atoms with E-state index in [-0.39, 0.29) is 19.4 Å². The number of carbonyl (C=O) groups excluding carboxylic acids is 2. The van der Waals surface area contributed by atoms with Gasteiger partial charge in [-0.2, -0.15) is 0 Å². The van der Waals surface area contributed by atoms with E-state index in [9.17, 15) is 14.4 Å². The van der Waals surface area contributed by atoms with E-state index in [4.69, 9.17) is 5.11 Å². The van der Waals surface area contributed by atoms with Crippen LogP contribution in [0.15, 0.2) is 0 Å². The molecule has 0 aliphatic carbocycles. The maximum absolute atomic E-state index is 11.3. The van der Waals surface area contributed by atoms with Crippen molar-refractivity contribution in [3.8, 4) is 0 Å². The number of carboxylic acids is 1. The summed E-state index contributed by atoms with van der Waals surface area (Å²) in [5.74, 6) is -2.06. The number of carbonyl (C=O) groups is 3. The summed E-state index contributed by atoms with van der Waals surface area (Å²) in [5.41, 5.74) is -1.61. The molecule has 0 aliphatic rings. The first-order valence-corrected chi connectivity index (χ1v) is 4.33. The van der Waals surface area contributed by atoms with Gasteiger partial charge in [-0.25, -0.2) is 0 Å². The van der Waals surface area contributed by atoms with Gasteiger partial charge in [0.25, 0.3) is 0 Å². The molecule has 1 N–H and O–H groups in total. The zero-order chi connectivity index (χ0) is 11.2. The Morgan fingerprint density at radius 1 is 1.50 bits per heavy atom. The molecular formula is C9H14O5. The molecule has 0 amide bonds. The molecule has 0 aromatic heterocycles. The minimum atomic E-state index is -1.61. The molecule has 0 fully saturated rings. The molecule has 0 radical (unpaired) electrons. The number of hydrogen-bond donors (Lipinski definition) is 1. The summed E-state index contributed by atoms with van der Waals surface area (Å²) >= 11 is 0. The van der Waals surface area contributed by atoms with E-state index in [0.717, 1.165) is 0 Å². The van der Waals surface area contributed by atoms with Crippen molar-refractivity contribution in [1.29, 1.82) is 0 Å². The summed E-state index contributed by atoms with van der Waals surface area (Å²) in [7, 11) is 0. The largest absolute Gasteiger partial charge is 0.480 e. The predicted octanol–water partition coefficient (Wildman–Crippen LogP) is 0.620. The van der Waals surface area contributed by atoms with Crippen LogP contribution >= 0.6 is 0 Å². The molecule has 5 nitrogen and oxygen atoms in total. The first kappa shape index (κ1) is 12.6. The van der Waals surface area contributed by atoms with Gasteiger partial charge in [0.2, 0.25) is 0 Å². The molecule has 1 atom stereocenters. The molecule has 0 rings (SSSR count). The van der Waals surface area contributed by atoms with Gasteiger partial charge in [-0.05, 0) is 20.3 Å². The van der Waals surface area contributed by atoms with Crippen LogP contribution in [0.4, 0.5) is 0 Å². The monoisotopic (exact) mass is 202 g/mol. The minimum Gasteiger partial charge on any atom is -0.480 e. The van der Waals surface area contributed by atoms with E-state index in [2.05, 4.69) is 4.74 Å². The average molecular weight is 202 g/mol. The van der Waals surface area contributed by atoms with Crippen molar-refractivity contribution >= 4 is 18.2 Å². The fourth-order valence-corrected chi connectivity index (χ4v) is 0.934. The van der Waals surface area contributed by atoms with Crippen molar-refractivity contribution in [1.82, 2.24) is 0 Å². The molecule has 14 heavy (non-hydrogen) atoms. The molecule has 0 saturated heterocycles. The van der Waals surface area contributed by atoms with Crippen molar-refractivity contribution < 1.29 is 24.2 Å². The fourth-order valence-electron chi connectivity index (χ4n) is 0.934. The van der Waals surface area contributed by atoms with Crippen LogP contribution < -0.4 is 0 Å². The fraction of sp³-hybridized carbons (Fsp3) is 0.667. The molecule has 0 spiro atoms. The average Bonchev–Trinajstić information content (AvgIpc) is 2.14. The lowest BCUT2D eigenvalue weighted by Crippen LogP contribution is -2.38. The van der Waals surface area contributed by atoms with Gasteiger partial charge in [0, 0.05) is 6.42 Å². The Bertz CT molecular complexity index is 235. The van der Waals surface area contributed by atoms with Gasteiger partial charge in [-0.3, -0.25) is 9.59 Å². The van der Waals surface area contributed by atoms with Crippen LogP contribution in [0.5, 0.6) is 0 Å². The van der Waals surface area contributed by atoms with Crippen LogP contribution in [0.25, 0.3) is 0 Å². The van der Waals surface area contributed by atoms with Crippen LogP contribution in [-0.2, 0) is 19.1 Å². The van der Waals surface area contributed by atoms with Crippen LogP contribution in [-0.4, -0.2) is 29.9 Å². The molecule has 0 saturated carbocycles. The zero-order valence-electron chi connectivity index (χ0n) is 8.28. The van der Waals surface area contributed by atoms with Crippen molar-refractivity contribution in [2.45, 2.75) is 26.7 Å². The summed E-state index contributed by atoms with van der Waals surface area (Å²) in [6, 6.07) is 0. The van der Waals surface area contributed by atoms with E-state index >= 15 is 0 Å². The summed E-state index contributed by atoms with van der Waals surface area (Å²) in [4.78, 5) is 32.2. The second kappa shape index (κ2) is 5.36. The highest BCUT2D eigenvalue weighted by atomic mass is 16.5. The topological polar surface area (TPSA) is 80.7 Å². The first-order chi connectivity index (χ1) is 6.49. The second-order valence-electron chi connectivity index (χ2n) is 3.06. The Morgan fingerprint density at radius 3 is 2.43 bits per heavy atom. The van der Waals surface area contributed by atoms with Crippen molar-refractivity contribution in [2.75, 3.05) is 6.61 Å². The van der Waals surface area contributed by atoms with Gasteiger partial charge in [0.05, 0.1) is 6.61 Å². The maximum atomic E-state index is 11.3. The molecule has 80 valence electrons. The van der Waals surface area contributed by atoms with E-state index in [1.165, 1.54) is 6.92 Å². The number of carboxylic acid groups (broad SMARTS) is 1. The lowest BCUT2D eigenvalue weighted by atomic mass is 9.86. The number of hydrogen-bond acceptors (Lipinski definition) is 4. The molecule has 0 aromatic carbocycles. The third kappa shape index (κ3) is 2.83. The summed E-state index contributed by atoms with van der Waals surface area (Å²) in [6.45, 7) is 2.99. The molecule has 0 aliphatic heterocycles. The predicted molar refractivity (Wildman–Crippen MR) is 47.7 cm³/mol. The van der Waals surface area contributed by atoms with Crippen molar-refractivity contribution in [3.63, 3.8) is 0 Å². The highest BCUT2D eigenvalue weighted by molar-refractivity contribution is 5.98. The summed E-state index contributed by atoms with van der Waals surface area (Å²) < 4.78 is 4.63. The molecule has 1 unspecified atom stereocenters. The van der Waals surface area contributed by atoms with Gasteiger partial charge in [0.15, 0.2) is 5.41 Å². The summed E-state index contributed by atoms with van der Waals surface area (Å²) in [5, 5.41) is 8.84. The number of rotatable bonds is 6. The summed E-state index contributed by atoms with van der Waals surface area (Å²) in [6.07, 6.45) is 0.576. The lowest BCUT2D eigenvalue weighted by molar-refractivity contribution is -0.167. The Labute approximate surface area is 82.1 Å². The smallest absolute Gasteiger partial charge is 0.323 e. The Balaban J connectivity index is 4.61. The molecular weight excluding hydrogens is 188 g/mol. The van der Waals surface area contributed by atoms with Gasteiger partial charge >= 0.3 is 11.9 Å². The van der Waals surface area contributed by atoms with Crippen LogP contribution in [0.2, 0.25) is 0 Å². The van der Waals surface area contributed by atoms with Gasteiger partial charge in [-0.1, -0.05) is 0 Å². The second-order valence-corrected chi connectivity index (χ2v) is 3.06. The SMILES string of the molecule is CCOC(=O)C(C)(CCC=O)C(=O)O. The number of aliphatic carboxylic acids is 1. The molecule has 0 bridgehead atoms. The van der Waals surface area contributed by atoms with Crippen molar-refractivity contribution in [2.24, 2.45) is 5.41 Å². The van der Waals surface area contributed by atoms with Crippen LogP contribution in [0.3, 0.4) is 0 Å². The minimum absolute atomic E-state index is 0.0294. The van der Waals surface area contributed by atoms with E-state index in [0.29, 0.717) is 6.29 Å². The third-order valence-corrected chi connectivity index (χ3v) is 1.96. The highest BCUT2D eigenvalue weighted by Gasteiger charge is 2.42. The quantitative estimate of drug-likeness (QED) is 0.388. The normalized spacial score (nSPS) is 14.1. The molecule has 0 aromatic rings. The Kier molecular flexibility index (Phi) is 4.83.